The van der Waals surface area contributed by atoms with Gasteiger partial charge in [-0.3, -0.25) is 4.68 Å². The Morgan fingerprint density at radius 3 is 2.89 bits per heavy atom. The molecular weight excluding hydrogens is 254 g/mol. The number of aryl methyl sites for hydroxylation is 2. The fourth-order valence-electron chi connectivity index (χ4n) is 2.15. The van der Waals surface area contributed by atoms with Crippen LogP contribution in [0.3, 0.4) is 0 Å². The van der Waals surface area contributed by atoms with Crippen LogP contribution >= 0.6 is 11.6 Å². The van der Waals surface area contributed by atoms with Crippen molar-refractivity contribution in [2.75, 3.05) is 19.8 Å². The van der Waals surface area contributed by atoms with Crippen LogP contribution in [0.5, 0.6) is 0 Å². The van der Waals surface area contributed by atoms with Crippen LogP contribution in [0.25, 0.3) is 0 Å². The molecule has 2 rings (SSSR count). The molecule has 2 unspecified atom stereocenters. The van der Waals surface area contributed by atoms with Crippen LogP contribution in [0.2, 0.25) is 5.02 Å². The van der Waals surface area contributed by atoms with Crippen molar-refractivity contribution >= 4 is 11.6 Å². The Balaban J connectivity index is 2.06. The molecule has 1 aromatic heterocycles. The largest absolute Gasteiger partial charge is 0.376 e. The van der Waals surface area contributed by atoms with Crippen LogP contribution in [0, 0.1) is 0 Å². The highest BCUT2D eigenvalue weighted by molar-refractivity contribution is 6.31. The van der Waals surface area contributed by atoms with Crippen LogP contribution in [0.1, 0.15) is 18.3 Å². The van der Waals surface area contributed by atoms with Gasteiger partial charge in [0.25, 0.3) is 0 Å². The molecule has 1 saturated heterocycles. The van der Waals surface area contributed by atoms with Crippen molar-refractivity contribution in [1.29, 1.82) is 0 Å². The minimum absolute atomic E-state index is 0.0604. The van der Waals surface area contributed by atoms with Crippen molar-refractivity contribution in [3.05, 3.63) is 16.4 Å². The topological polar surface area (TPSA) is 62.3 Å². The maximum Gasteiger partial charge on any atom is 0.0963 e. The monoisotopic (exact) mass is 273 g/mol. The molecule has 6 heteroatoms. The van der Waals surface area contributed by atoms with Gasteiger partial charge in [0, 0.05) is 19.5 Å². The first kappa shape index (κ1) is 13.8. The highest BCUT2D eigenvalue weighted by Gasteiger charge is 2.25. The molecule has 0 spiro atoms. The van der Waals surface area contributed by atoms with Crippen molar-refractivity contribution in [3.63, 3.8) is 0 Å². The molecule has 2 heterocycles. The van der Waals surface area contributed by atoms with Gasteiger partial charge in [0.1, 0.15) is 0 Å². The van der Waals surface area contributed by atoms with E-state index in [4.69, 9.17) is 26.8 Å². The zero-order chi connectivity index (χ0) is 13.1. The van der Waals surface area contributed by atoms with E-state index in [1.807, 2.05) is 18.7 Å². The quantitative estimate of drug-likeness (QED) is 0.886. The molecule has 2 atom stereocenters. The second kappa shape index (κ2) is 6.02. The highest BCUT2D eigenvalue weighted by Crippen LogP contribution is 2.22. The first-order valence-corrected chi connectivity index (χ1v) is 6.66. The van der Waals surface area contributed by atoms with Crippen LogP contribution in [-0.2, 0) is 29.4 Å². The van der Waals surface area contributed by atoms with Gasteiger partial charge in [-0.25, -0.2) is 0 Å². The van der Waals surface area contributed by atoms with Gasteiger partial charge in [-0.05, 0) is 6.42 Å². The molecule has 1 aliphatic rings. The Labute approximate surface area is 112 Å². The normalized spacial score (nSPS) is 22.1. The average Bonchev–Trinajstić information content (AvgIpc) is 2.67. The van der Waals surface area contributed by atoms with Crippen LogP contribution in [0.15, 0.2) is 0 Å². The molecule has 5 nitrogen and oxygen atoms in total. The van der Waals surface area contributed by atoms with Crippen molar-refractivity contribution in [2.24, 2.45) is 12.8 Å². The Bertz CT molecular complexity index is 402. The molecule has 0 amide bonds. The van der Waals surface area contributed by atoms with E-state index in [-0.39, 0.29) is 12.1 Å². The van der Waals surface area contributed by atoms with Gasteiger partial charge in [-0.15, -0.1) is 0 Å². The maximum absolute atomic E-state index is 6.30. The fourth-order valence-corrected chi connectivity index (χ4v) is 2.52. The molecule has 1 aromatic rings. The molecule has 0 saturated carbocycles. The van der Waals surface area contributed by atoms with Gasteiger partial charge in [-0.2, -0.15) is 5.10 Å². The summed E-state index contributed by atoms with van der Waals surface area (Å²) >= 11 is 6.30. The summed E-state index contributed by atoms with van der Waals surface area (Å²) in [7, 11) is 1.89. The number of nitrogens with zero attached hydrogens (tertiary/aromatic N) is 2. The van der Waals surface area contributed by atoms with Crippen molar-refractivity contribution in [3.8, 4) is 0 Å². The van der Waals surface area contributed by atoms with Gasteiger partial charge < -0.3 is 15.2 Å². The van der Waals surface area contributed by atoms with E-state index in [0.717, 1.165) is 22.8 Å². The summed E-state index contributed by atoms with van der Waals surface area (Å²) in [5.41, 5.74) is 8.05. The van der Waals surface area contributed by atoms with Crippen molar-refractivity contribution in [2.45, 2.75) is 31.9 Å². The fraction of sp³-hybridized carbons (Fsp3) is 0.750. The van der Waals surface area contributed by atoms with Gasteiger partial charge in [-0.1, -0.05) is 18.5 Å². The first-order valence-electron chi connectivity index (χ1n) is 6.28. The number of halogens is 1. The Morgan fingerprint density at radius 1 is 1.56 bits per heavy atom. The number of hydrogen-bond acceptors (Lipinski definition) is 4. The van der Waals surface area contributed by atoms with Crippen LogP contribution < -0.4 is 5.73 Å². The van der Waals surface area contributed by atoms with E-state index in [9.17, 15) is 0 Å². The predicted octanol–water partition coefficient (Wildman–Crippen LogP) is 0.921. The minimum atomic E-state index is -0.122. The zero-order valence-electron chi connectivity index (χ0n) is 10.9. The zero-order valence-corrected chi connectivity index (χ0v) is 11.6. The molecule has 0 radical (unpaired) electrons. The van der Waals surface area contributed by atoms with E-state index in [1.54, 1.807) is 0 Å². The number of aromatic nitrogens is 2. The molecule has 0 aromatic carbocycles. The lowest BCUT2D eigenvalue weighted by atomic mass is 10.1. The molecule has 18 heavy (non-hydrogen) atoms. The van der Waals surface area contributed by atoms with E-state index in [2.05, 4.69) is 5.10 Å². The SMILES string of the molecule is CCc1nn(C)c(CC(N)C2COCCO2)c1Cl. The number of rotatable bonds is 4. The summed E-state index contributed by atoms with van der Waals surface area (Å²) < 4.78 is 12.8. The molecule has 1 fully saturated rings. The number of nitrogens with two attached hydrogens (primary N) is 1. The molecule has 2 N–H and O–H groups in total. The summed E-state index contributed by atoms with van der Waals surface area (Å²) in [6.45, 7) is 3.85. The third-order valence-corrected chi connectivity index (χ3v) is 3.69. The van der Waals surface area contributed by atoms with Gasteiger partial charge >= 0.3 is 0 Å². The molecule has 102 valence electrons. The second-order valence-corrected chi connectivity index (χ2v) is 4.91. The smallest absolute Gasteiger partial charge is 0.0963 e. The van der Waals surface area contributed by atoms with Crippen LogP contribution in [-0.4, -0.2) is 41.7 Å². The lowest BCUT2D eigenvalue weighted by Crippen LogP contribution is -2.45. The third kappa shape index (κ3) is 2.85. The van der Waals surface area contributed by atoms with Gasteiger partial charge in [0.05, 0.1) is 42.3 Å². The molecule has 1 aliphatic heterocycles. The Kier molecular flexibility index (Phi) is 4.61. The standard InChI is InChI=1S/C12H20ClN3O2/c1-3-9-12(13)10(16(2)15-9)6-8(14)11-7-17-4-5-18-11/h8,11H,3-7,14H2,1-2H3. The minimum Gasteiger partial charge on any atom is -0.376 e. The summed E-state index contributed by atoms with van der Waals surface area (Å²) in [6.07, 6.45) is 1.41. The Hall–Kier alpha value is -0.620. The first-order chi connectivity index (χ1) is 8.63. The van der Waals surface area contributed by atoms with Crippen molar-refractivity contribution < 1.29 is 9.47 Å². The van der Waals surface area contributed by atoms with Crippen molar-refractivity contribution in [1.82, 2.24) is 9.78 Å². The van der Waals surface area contributed by atoms with E-state index >= 15 is 0 Å². The molecule has 0 aliphatic carbocycles. The predicted molar refractivity (Wildman–Crippen MR) is 69.8 cm³/mol. The van der Waals surface area contributed by atoms with E-state index in [1.165, 1.54) is 0 Å². The summed E-state index contributed by atoms with van der Waals surface area (Å²) in [4.78, 5) is 0. The summed E-state index contributed by atoms with van der Waals surface area (Å²) in [5, 5.41) is 5.11. The summed E-state index contributed by atoms with van der Waals surface area (Å²) in [5.74, 6) is 0. The molecular formula is C12H20ClN3O2. The lowest BCUT2D eigenvalue weighted by Gasteiger charge is -2.28. The second-order valence-electron chi connectivity index (χ2n) is 4.54. The average molecular weight is 274 g/mol. The maximum atomic E-state index is 6.30. The summed E-state index contributed by atoms with van der Waals surface area (Å²) in [6, 6.07) is -0.122. The number of ether oxygens (including phenoxy) is 2. The van der Waals surface area contributed by atoms with Gasteiger partial charge in [0.15, 0.2) is 0 Å². The molecule has 0 bridgehead atoms. The highest BCUT2D eigenvalue weighted by atomic mass is 35.5. The van der Waals surface area contributed by atoms with E-state index in [0.29, 0.717) is 26.2 Å². The van der Waals surface area contributed by atoms with Gasteiger partial charge in [0.2, 0.25) is 0 Å². The van der Waals surface area contributed by atoms with Crippen LogP contribution in [0.4, 0.5) is 0 Å². The number of hydrogen-bond donors (Lipinski definition) is 1. The Morgan fingerprint density at radius 2 is 2.33 bits per heavy atom. The lowest BCUT2D eigenvalue weighted by molar-refractivity contribution is -0.0969. The van der Waals surface area contributed by atoms with E-state index < -0.39 is 0 Å². The third-order valence-electron chi connectivity index (χ3n) is 3.25.